The van der Waals surface area contributed by atoms with E-state index in [1.54, 1.807) is 6.20 Å². The van der Waals surface area contributed by atoms with Gasteiger partial charge in [0.15, 0.2) is 0 Å². The molecule has 0 unspecified atom stereocenters. The maximum absolute atomic E-state index is 8.38. The molecule has 13 heavy (non-hydrogen) atoms. The zero-order chi connectivity index (χ0) is 10.3. The lowest BCUT2D eigenvalue weighted by Crippen LogP contribution is -1.86. The lowest BCUT2D eigenvalue weighted by molar-refractivity contribution is 1.31. The fourth-order valence-corrected chi connectivity index (χ4v) is 0.865. The van der Waals surface area contributed by atoms with Crippen molar-refractivity contribution in [2.45, 2.75) is 34.1 Å². The van der Waals surface area contributed by atoms with Crippen molar-refractivity contribution in [3.8, 4) is 6.07 Å². The molecule has 2 nitrogen and oxygen atoms in total. The van der Waals surface area contributed by atoms with Crippen LogP contribution >= 0.6 is 0 Å². The van der Waals surface area contributed by atoms with E-state index < -0.39 is 0 Å². The van der Waals surface area contributed by atoms with E-state index >= 15 is 0 Å². The van der Waals surface area contributed by atoms with Crippen LogP contribution < -0.4 is 0 Å². The Kier molecular flexibility index (Phi) is 5.54. The Morgan fingerprint density at radius 1 is 1.31 bits per heavy atom. The predicted molar refractivity (Wildman–Crippen MR) is 56.5 cm³/mol. The minimum Gasteiger partial charge on any atom is -0.265 e. The first-order chi connectivity index (χ1) is 6.06. The van der Waals surface area contributed by atoms with Gasteiger partial charge in [-0.1, -0.05) is 11.6 Å². The van der Waals surface area contributed by atoms with E-state index in [0.29, 0.717) is 6.42 Å². The maximum Gasteiger partial charge on any atom is 0.0732 e. The molecule has 0 aromatic heterocycles. The fourth-order valence-electron chi connectivity index (χ4n) is 0.865. The predicted octanol–water partition coefficient (Wildman–Crippen LogP) is 3.23. The van der Waals surface area contributed by atoms with Crippen molar-refractivity contribution in [3.05, 3.63) is 23.4 Å². The van der Waals surface area contributed by atoms with Crippen molar-refractivity contribution in [2.75, 3.05) is 0 Å². The highest BCUT2D eigenvalue weighted by atomic mass is 14.7. The van der Waals surface area contributed by atoms with E-state index in [1.165, 1.54) is 5.57 Å². The summed E-state index contributed by atoms with van der Waals surface area (Å²) in [4.78, 5) is 4.15. The summed E-state index contributed by atoms with van der Waals surface area (Å²) in [5, 5.41) is 8.38. The summed E-state index contributed by atoms with van der Waals surface area (Å²) >= 11 is 0. The minimum absolute atomic E-state index is 0.401. The second kappa shape index (κ2) is 6.19. The van der Waals surface area contributed by atoms with Gasteiger partial charge in [-0.15, -0.1) is 0 Å². The van der Waals surface area contributed by atoms with Crippen LogP contribution in [0.4, 0.5) is 0 Å². The van der Waals surface area contributed by atoms with Gasteiger partial charge in [-0.25, -0.2) is 0 Å². The molecule has 2 heteroatoms. The van der Waals surface area contributed by atoms with Crippen molar-refractivity contribution < 1.29 is 0 Å². The van der Waals surface area contributed by atoms with Crippen LogP contribution in [-0.2, 0) is 0 Å². The summed E-state index contributed by atoms with van der Waals surface area (Å²) in [5.74, 6) is 0. The molecule has 0 aromatic carbocycles. The number of hydrogen-bond donors (Lipinski definition) is 0. The zero-order valence-corrected chi connectivity index (χ0v) is 8.76. The number of hydrogen-bond acceptors (Lipinski definition) is 2. The van der Waals surface area contributed by atoms with E-state index in [0.717, 1.165) is 11.3 Å². The van der Waals surface area contributed by atoms with Crippen LogP contribution in [0.5, 0.6) is 0 Å². The molecule has 0 aromatic rings. The SMILES string of the molecule is CC(C)=C/C(C)=C\N=C(/C)CC#N. The second-order valence-electron chi connectivity index (χ2n) is 3.29. The Morgan fingerprint density at radius 3 is 2.38 bits per heavy atom. The molecule has 0 saturated carbocycles. The molecule has 0 bridgehead atoms. The van der Waals surface area contributed by atoms with Crippen LogP contribution in [0.25, 0.3) is 0 Å². The van der Waals surface area contributed by atoms with Gasteiger partial charge in [0.2, 0.25) is 0 Å². The Labute approximate surface area is 80.3 Å². The third-order valence-corrected chi connectivity index (χ3v) is 1.34. The molecule has 0 atom stereocenters. The fraction of sp³-hybridized carbons (Fsp3) is 0.455. The van der Waals surface area contributed by atoms with Gasteiger partial charge in [-0.05, 0) is 33.3 Å². The smallest absolute Gasteiger partial charge is 0.0732 e. The molecule has 0 aliphatic rings. The van der Waals surface area contributed by atoms with E-state index in [4.69, 9.17) is 5.26 Å². The molecule has 0 aliphatic heterocycles. The monoisotopic (exact) mass is 176 g/mol. The van der Waals surface area contributed by atoms with Crippen molar-refractivity contribution in [2.24, 2.45) is 4.99 Å². The van der Waals surface area contributed by atoms with E-state index in [1.807, 2.05) is 27.7 Å². The van der Waals surface area contributed by atoms with Crippen LogP contribution in [0.15, 0.2) is 28.4 Å². The number of nitrogens with zero attached hydrogens (tertiary/aromatic N) is 2. The van der Waals surface area contributed by atoms with Gasteiger partial charge in [0.05, 0.1) is 12.5 Å². The van der Waals surface area contributed by atoms with E-state index in [-0.39, 0.29) is 0 Å². The Bertz CT molecular complexity index is 284. The lowest BCUT2D eigenvalue weighted by Gasteiger charge is -1.92. The quantitative estimate of drug-likeness (QED) is 0.480. The van der Waals surface area contributed by atoms with Gasteiger partial charge >= 0.3 is 0 Å². The molecule has 0 aliphatic carbocycles. The van der Waals surface area contributed by atoms with Gasteiger partial charge in [0.1, 0.15) is 0 Å². The lowest BCUT2D eigenvalue weighted by atomic mass is 10.2. The molecule has 0 rings (SSSR count). The summed E-state index contributed by atoms with van der Waals surface area (Å²) in [6.07, 6.45) is 4.25. The van der Waals surface area contributed by atoms with Gasteiger partial charge < -0.3 is 0 Å². The first-order valence-corrected chi connectivity index (χ1v) is 4.28. The normalized spacial score (nSPS) is 12.2. The molecular formula is C11H16N2. The third-order valence-electron chi connectivity index (χ3n) is 1.34. The molecule has 0 fully saturated rings. The molecular weight excluding hydrogens is 160 g/mol. The van der Waals surface area contributed by atoms with Gasteiger partial charge in [-0.3, -0.25) is 4.99 Å². The molecule has 70 valence electrons. The average Bonchev–Trinajstić information content (AvgIpc) is 2.00. The zero-order valence-electron chi connectivity index (χ0n) is 8.76. The number of aliphatic imine (C=N–C) groups is 1. The van der Waals surface area contributed by atoms with E-state index in [2.05, 4.69) is 17.1 Å². The molecule has 0 saturated heterocycles. The molecule has 0 heterocycles. The molecule has 0 spiro atoms. The molecule has 0 radical (unpaired) electrons. The Morgan fingerprint density at radius 2 is 1.92 bits per heavy atom. The maximum atomic E-state index is 8.38. The topological polar surface area (TPSA) is 36.1 Å². The Balaban J connectivity index is 4.35. The summed E-state index contributed by atoms with van der Waals surface area (Å²) in [6, 6.07) is 2.06. The minimum atomic E-state index is 0.401. The molecule has 0 amide bonds. The standard InChI is InChI=1S/C11H16N2/c1-9(2)7-10(3)8-13-11(4)5-6-12/h7-8H,5H2,1-4H3/b10-8-,13-11+. The van der Waals surface area contributed by atoms with Crippen molar-refractivity contribution >= 4 is 5.71 Å². The van der Waals surface area contributed by atoms with E-state index in [9.17, 15) is 0 Å². The summed E-state index contributed by atoms with van der Waals surface area (Å²) in [5.41, 5.74) is 3.21. The summed E-state index contributed by atoms with van der Waals surface area (Å²) in [7, 11) is 0. The first-order valence-electron chi connectivity index (χ1n) is 4.28. The van der Waals surface area contributed by atoms with Crippen molar-refractivity contribution in [3.63, 3.8) is 0 Å². The van der Waals surface area contributed by atoms with Crippen LogP contribution in [0.3, 0.4) is 0 Å². The number of rotatable bonds is 3. The number of nitriles is 1. The van der Waals surface area contributed by atoms with Crippen molar-refractivity contribution in [1.82, 2.24) is 0 Å². The highest BCUT2D eigenvalue weighted by Gasteiger charge is 1.86. The summed E-state index contributed by atoms with van der Waals surface area (Å²) in [6.45, 7) is 7.94. The van der Waals surface area contributed by atoms with Crippen LogP contribution in [0, 0.1) is 11.3 Å². The highest BCUT2D eigenvalue weighted by molar-refractivity contribution is 5.84. The van der Waals surface area contributed by atoms with Crippen LogP contribution in [0.1, 0.15) is 34.1 Å². The van der Waals surface area contributed by atoms with Crippen molar-refractivity contribution in [1.29, 1.82) is 5.26 Å². The van der Waals surface area contributed by atoms with Gasteiger partial charge in [0.25, 0.3) is 0 Å². The first kappa shape index (κ1) is 11.6. The highest BCUT2D eigenvalue weighted by Crippen LogP contribution is 2.01. The molecule has 0 N–H and O–H groups in total. The largest absolute Gasteiger partial charge is 0.265 e. The average molecular weight is 176 g/mol. The van der Waals surface area contributed by atoms with Crippen LogP contribution in [-0.4, -0.2) is 5.71 Å². The van der Waals surface area contributed by atoms with Gasteiger partial charge in [0, 0.05) is 11.9 Å². The number of allylic oxidation sites excluding steroid dienone is 3. The summed E-state index contributed by atoms with van der Waals surface area (Å²) < 4.78 is 0. The van der Waals surface area contributed by atoms with Gasteiger partial charge in [-0.2, -0.15) is 5.26 Å². The second-order valence-corrected chi connectivity index (χ2v) is 3.29. The third kappa shape index (κ3) is 7.02. The van der Waals surface area contributed by atoms with Crippen LogP contribution in [0.2, 0.25) is 0 Å². The Hall–Kier alpha value is -1.36.